The van der Waals surface area contributed by atoms with Gasteiger partial charge in [0.1, 0.15) is 0 Å². The second kappa shape index (κ2) is 10.7. The van der Waals surface area contributed by atoms with E-state index in [0.717, 1.165) is 63.5 Å². The van der Waals surface area contributed by atoms with Gasteiger partial charge < -0.3 is 20.3 Å². The summed E-state index contributed by atoms with van der Waals surface area (Å²) in [7, 11) is 5.89. The summed E-state index contributed by atoms with van der Waals surface area (Å²) in [4.78, 5) is 6.58. The smallest absolute Gasteiger partial charge is 0.381 e. The minimum Gasteiger partial charge on any atom is -0.381 e. The van der Waals surface area contributed by atoms with Gasteiger partial charge in [-0.1, -0.05) is 24.6 Å². The first-order valence-corrected chi connectivity index (χ1v) is 10.6. The van der Waals surface area contributed by atoms with E-state index < -0.39 is 11.7 Å². The zero-order valence-corrected chi connectivity index (χ0v) is 20.8. The van der Waals surface area contributed by atoms with Crippen molar-refractivity contribution in [3.8, 4) is 0 Å². The van der Waals surface area contributed by atoms with Crippen molar-refractivity contribution in [3.05, 3.63) is 35.4 Å². The van der Waals surface area contributed by atoms with Crippen molar-refractivity contribution in [2.75, 3.05) is 47.4 Å². The summed E-state index contributed by atoms with van der Waals surface area (Å²) in [5.41, 5.74) is -0.107. The highest BCUT2D eigenvalue weighted by atomic mass is 127. The molecule has 0 spiro atoms. The lowest BCUT2D eigenvalue weighted by Gasteiger charge is -2.44. The molecule has 3 rings (SSSR count). The molecule has 1 saturated heterocycles. The highest BCUT2D eigenvalue weighted by Crippen LogP contribution is 2.44. The van der Waals surface area contributed by atoms with E-state index in [9.17, 15) is 13.2 Å². The Morgan fingerprint density at radius 1 is 1.10 bits per heavy atom. The Bertz CT molecular complexity index is 745. The van der Waals surface area contributed by atoms with Crippen LogP contribution in [0, 0.1) is 0 Å². The van der Waals surface area contributed by atoms with Crippen LogP contribution in [0.25, 0.3) is 0 Å². The molecule has 2 aliphatic rings. The molecule has 1 aliphatic heterocycles. The molecule has 1 aromatic carbocycles. The lowest BCUT2D eigenvalue weighted by atomic mass is 9.64. The molecule has 2 fully saturated rings. The quantitative estimate of drug-likeness (QED) is 0.317. The third-order valence-electron chi connectivity index (χ3n) is 6.89. The molecule has 1 heterocycles. The number of benzene rings is 1. The summed E-state index contributed by atoms with van der Waals surface area (Å²) in [5.74, 6) is 0.681. The van der Waals surface area contributed by atoms with E-state index in [0.29, 0.717) is 12.5 Å². The molecule has 0 amide bonds. The van der Waals surface area contributed by atoms with Crippen LogP contribution in [0.4, 0.5) is 13.2 Å². The van der Waals surface area contributed by atoms with E-state index in [-0.39, 0.29) is 34.9 Å². The van der Waals surface area contributed by atoms with Crippen molar-refractivity contribution in [1.82, 2.24) is 15.5 Å². The number of ether oxygens (including phenoxy) is 1. The Hall–Kier alpha value is -1.07. The number of hydrogen-bond donors (Lipinski definition) is 2. The summed E-state index contributed by atoms with van der Waals surface area (Å²) in [6.07, 6.45) is 0.328. The van der Waals surface area contributed by atoms with Crippen molar-refractivity contribution >= 4 is 29.9 Å². The monoisotopic (exact) mass is 554 g/mol. The molecule has 2 N–H and O–H groups in total. The predicted molar refractivity (Wildman–Crippen MR) is 128 cm³/mol. The predicted octanol–water partition coefficient (Wildman–Crippen LogP) is 4.02. The van der Waals surface area contributed by atoms with Gasteiger partial charge >= 0.3 is 6.18 Å². The second-order valence-electron chi connectivity index (χ2n) is 8.72. The fourth-order valence-electron chi connectivity index (χ4n) is 4.45. The third kappa shape index (κ3) is 6.04. The lowest BCUT2D eigenvalue weighted by Crippen LogP contribution is -2.58. The van der Waals surface area contributed by atoms with Gasteiger partial charge in [-0.2, -0.15) is 13.2 Å². The number of halogens is 4. The van der Waals surface area contributed by atoms with Gasteiger partial charge in [0.2, 0.25) is 0 Å². The van der Waals surface area contributed by atoms with Crippen LogP contribution in [-0.4, -0.2) is 63.8 Å². The Kier molecular flexibility index (Phi) is 9.04. The van der Waals surface area contributed by atoms with Gasteiger partial charge in [0, 0.05) is 44.3 Å². The van der Waals surface area contributed by atoms with Crippen LogP contribution >= 0.6 is 24.0 Å². The molecule has 9 heteroatoms. The Balaban J connectivity index is 0.00000341. The van der Waals surface area contributed by atoms with Crippen molar-refractivity contribution in [3.63, 3.8) is 0 Å². The summed E-state index contributed by atoms with van der Waals surface area (Å²) < 4.78 is 45.0. The summed E-state index contributed by atoms with van der Waals surface area (Å²) in [6, 6.07) is 5.77. The summed E-state index contributed by atoms with van der Waals surface area (Å²) in [5, 5.41) is 6.80. The van der Waals surface area contributed by atoms with Gasteiger partial charge in [0.05, 0.1) is 5.56 Å². The molecule has 0 bridgehead atoms. The van der Waals surface area contributed by atoms with Gasteiger partial charge in [0.15, 0.2) is 5.96 Å². The zero-order valence-electron chi connectivity index (χ0n) is 18.5. The molecule has 0 unspecified atom stereocenters. The first-order chi connectivity index (χ1) is 14.2. The van der Waals surface area contributed by atoms with Crippen molar-refractivity contribution in [1.29, 1.82) is 0 Å². The Labute approximate surface area is 200 Å². The van der Waals surface area contributed by atoms with E-state index >= 15 is 0 Å². The van der Waals surface area contributed by atoms with Gasteiger partial charge in [-0.05, 0) is 51.4 Å². The molecule has 0 aromatic heterocycles. The van der Waals surface area contributed by atoms with Crippen LogP contribution in [0.2, 0.25) is 0 Å². The first-order valence-electron chi connectivity index (χ1n) is 10.6. The average molecular weight is 554 g/mol. The number of aliphatic imine (C=N–C) groups is 1. The fourth-order valence-corrected chi connectivity index (χ4v) is 4.45. The number of likely N-dealkylation sites (N-methyl/N-ethyl adjacent to an activating group) is 1. The van der Waals surface area contributed by atoms with E-state index in [1.165, 1.54) is 12.1 Å². The van der Waals surface area contributed by atoms with Crippen LogP contribution in [0.5, 0.6) is 0 Å². The molecular formula is C22H34F3IN4O. The van der Waals surface area contributed by atoms with E-state index in [2.05, 4.69) is 34.6 Å². The van der Waals surface area contributed by atoms with Gasteiger partial charge in [-0.3, -0.25) is 4.99 Å². The average Bonchev–Trinajstić information content (AvgIpc) is 2.69. The molecule has 5 nitrogen and oxygen atoms in total. The fraction of sp³-hybridized carbons (Fsp3) is 0.682. The SMILES string of the molecule is CN=C(NCC1(c2cccc(C(F)(F)F)c2)CCC1)NCC1(N(C)C)CCOCC1.I. The molecule has 1 saturated carbocycles. The van der Waals surface area contributed by atoms with Crippen LogP contribution in [0.15, 0.2) is 29.3 Å². The maximum absolute atomic E-state index is 13.2. The van der Waals surface area contributed by atoms with E-state index in [1.54, 1.807) is 7.05 Å². The van der Waals surface area contributed by atoms with Crippen LogP contribution in [0.1, 0.15) is 43.2 Å². The summed E-state index contributed by atoms with van der Waals surface area (Å²) >= 11 is 0. The second-order valence-corrected chi connectivity index (χ2v) is 8.72. The molecule has 1 aromatic rings. The van der Waals surface area contributed by atoms with Crippen LogP contribution in [0.3, 0.4) is 0 Å². The number of nitrogens with one attached hydrogen (secondary N) is 2. The maximum atomic E-state index is 13.2. The van der Waals surface area contributed by atoms with E-state index in [1.807, 2.05) is 6.07 Å². The highest BCUT2D eigenvalue weighted by molar-refractivity contribution is 14.0. The lowest BCUT2D eigenvalue weighted by molar-refractivity contribution is -0.137. The molecule has 1 aliphatic carbocycles. The van der Waals surface area contributed by atoms with E-state index in [4.69, 9.17) is 4.74 Å². The Morgan fingerprint density at radius 2 is 1.74 bits per heavy atom. The Morgan fingerprint density at radius 3 is 2.26 bits per heavy atom. The molecule has 0 atom stereocenters. The molecule has 31 heavy (non-hydrogen) atoms. The first kappa shape index (κ1) is 26.2. The highest BCUT2D eigenvalue weighted by Gasteiger charge is 2.41. The van der Waals surface area contributed by atoms with Crippen molar-refractivity contribution in [2.45, 2.75) is 49.2 Å². The largest absolute Gasteiger partial charge is 0.416 e. The van der Waals surface area contributed by atoms with Gasteiger partial charge in [-0.25, -0.2) is 0 Å². The number of hydrogen-bond acceptors (Lipinski definition) is 3. The topological polar surface area (TPSA) is 48.9 Å². The maximum Gasteiger partial charge on any atom is 0.416 e. The van der Waals surface area contributed by atoms with Crippen LogP contribution in [-0.2, 0) is 16.3 Å². The number of alkyl halides is 3. The van der Waals surface area contributed by atoms with Gasteiger partial charge in [0.25, 0.3) is 0 Å². The third-order valence-corrected chi connectivity index (χ3v) is 6.89. The molecule has 176 valence electrons. The minimum atomic E-state index is -4.32. The molecular weight excluding hydrogens is 520 g/mol. The number of rotatable bonds is 6. The van der Waals surface area contributed by atoms with Crippen molar-refractivity contribution in [2.24, 2.45) is 4.99 Å². The number of guanidine groups is 1. The van der Waals surface area contributed by atoms with Crippen LogP contribution < -0.4 is 10.6 Å². The normalized spacial score (nSPS) is 20.5. The zero-order chi connectivity index (χ0) is 21.8. The molecule has 0 radical (unpaired) electrons. The number of nitrogens with zero attached hydrogens (tertiary/aromatic N) is 2. The van der Waals surface area contributed by atoms with Crippen molar-refractivity contribution < 1.29 is 17.9 Å². The standard InChI is InChI=1S/C22H33F3N4O.HI/c1-26-19(28-16-21(29(2)3)10-12-30-13-11-21)27-15-20(8-5-9-20)17-6-4-7-18(14-17)22(23,24)25;/h4,6-7,14H,5,8-13,15-16H2,1-3H3,(H2,26,27,28);1H. The minimum absolute atomic E-state index is 0. The summed E-state index contributed by atoms with van der Waals surface area (Å²) in [6.45, 7) is 2.78. The van der Waals surface area contributed by atoms with Gasteiger partial charge in [-0.15, -0.1) is 24.0 Å².